The predicted molar refractivity (Wildman–Crippen MR) is 84.2 cm³/mol. The van der Waals surface area contributed by atoms with E-state index in [1.165, 1.54) is 24.3 Å². The number of aromatic carboxylic acids is 1. The SMILES string of the molecule is Cc1cc(NC(=O)Nc2ccc(F)cc2I)c(C(=O)O)[nH]1. The summed E-state index contributed by atoms with van der Waals surface area (Å²) in [6.45, 7) is 1.68. The standard InChI is InChI=1S/C13H11FIN3O3/c1-6-4-10(11(16-6)12(19)20)18-13(21)17-9-3-2-7(14)5-8(9)15/h2-5,16H,1H3,(H,19,20)(H2,17,18,21). The number of rotatable bonds is 3. The zero-order valence-corrected chi connectivity index (χ0v) is 13.0. The maximum absolute atomic E-state index is 13.0. The first-order valence-corrected chi connectivity index (χ1v) is 6.90. The Kier molecular flexibility index (Phi) is 4.46. The molecule has 0 saturated heterocycles. The fourth-order valence-electron chi connectivity index (χ4n) is 1.72. The van der Waals surface area contributed by atoms with Gasteiger partial charge < -0.3 is 20.7 Å². The summed E-state index contributed by atoms with van der Waals surface area (Å²) in [5.41, 5.74) is 1.10. The van der Waals surface area contributed by atoms with Gasteiger partial charge in [0, 0.05) is 9.26 Å². The Morgan fingerprint density at radius 3 is 2.52 bits per heavy atom. The fourth-order valence-corrected chi connectivity index (χ4v) is 2.34. The molecule has 1 heterocycles. The number of hydrogen-bond acceptors (Lipinski definition) is 2. The summed E-state index contributed by atoms with van der Waals surface area (Å²) in [5.74, 6) is -1.57. The van der Waals surface area contributed by atoms with Gasteiger partial charge in [0.25, 0.3) is 0 Å². The third kappa shape index (κ3) is 3.72. The van der Waals surface area contributed by atoms with Crippen molar-refractivity contribution in [3.8, 4) is 0 Å². The number of hydrogen-bond donors (Lipinski definition) is 4. The summed E-state index contributed by atoms with van der Waals surface area (Å²) in [4.78, 5) is 25.5. The van der Waals surface area contributed by atoms with Crippen molar-refractivity contribution in [2.45, 2.75) is 6.92 Å². The number of aromatic amines is 1. The largest absolute Gasteiger partial charge is 0.477 e. The molecule has 8 heteroatoms. The number of H-pyrrole nitrogens is 1. The van der Waals surface area contributed by atoms with E-state index in [9.17, 15) is 14.0 Å². The van der Waals surface area contributed by atoms with Crippen LogP contribution in [0.4, 0.5) is 20.6 Å². The van der Waals surface area contributed by atoms with Gasteiger partial charge in [-0.2, -0.15) is 0 Å². The molecule has 0 spiro atoms. The summed E-state index contributed by atoms with van der Waals surface area (Å²) < 4.78 is 13.5. The lowest BCUT2D eigenvalue weighted by molar-refractivity contribution is 0.0692. The average molecular weight is 403 g/mol. The highest BCUT2D eigenvalue weighted by Crippen LogP contribution is 2.20. The number of halogens is 2. The van der Waals surface area contributed by atoms with Crippen molar-refractivity contribution < 1.29 is 19.1 Å². The number of urea groups is 1. The number of nitrogens with one attached hydrogen (secondary N) is 3. The van der Waals surface area contributed by atoms with Gasteiger partial charge in [0.2, 0.25) is 0 Å². The highest BCUT2D eigenvalue weighted by atomic mass is 127. The first-order valence-electron chi connectivity index (χ1n) is 5.83. The van der Waals surface area contributed by atoms with Gasteiger partial charge in [-0.15, -0.1) is 0 Å². The maximum atomic E-state index is 13.0. The minimum atomic E-state index is -1.17. The Morgan fingerprint density at radius 1 is 1.24 bits per heavy atom. The van der Waals surface area contributed by atoms with Crippen LogP contribution in [0.1, 0.15) is 16.2 Å². The van der Waals surface area contributed by atoms with Crippen LogP contribution in [0.15, 0.2) is 24.3 Å². The van der Waals surface area contributed by atoms with Crippen LogP contribution in [-0.2, 0) is 0 Å². The molecule has 0 fully saturated rings. The van der Waals surface area contributed by atoms with Gasteiger partial charge in [-0.3, -0.25) is 0 Å². The quantitative estimate of drug-likeness (QED) is 0.592. The molecule has 2 aromatic rings. The highest BCUT2D eigenvalue weighted by Gasteiger charge is 2.15. The number of carboxylic acids is 1. The third-order valence-corrected chi connectivity index (χ3v) is 3.49. The molecule has 0 atom stereocenters. The number of carbonyl (C=O) groups is 2. The highest BCUT2D eigenvalue weighted by molar-refractivity contribution is 14.1. The van der Waals surface area contributed by atoms with Crippen LogP contribution >= 0.6 is 22.6 Å². The van der Waals surface area contributed by atoms with Crippen LogP contribution in [-0.4, -0.2) is 22.1 Å². The molecule has 110 valence electrons. The lowest BCUT2D eigenvalue weighted by Gasteiger charge is -2.08. The normalized spacial score (nSPS) is 10.2. The topological polar surface area (TPSA) is 94.2 Å². The van der Waals surface area contributed by atoms with E-state index < -0.39 is 17.8 Å². The van der Waals surface area contributed by atoms with Crippen molar-refractivity contribution in [3.05, 3.63) is 45.0 Å². The molecular weight excluding hydrogens is 392 g/mol. The van der Waals surface area contributed by atoms with Gasteiger partial charge in [0.1, 0.15) is 11.5 Å². The smallest absolute Gasteiger partial charge is 0.354 e. The Balaban J connectivity index is 2.13. The number of anilines is 2. The maximum Gasteiger partial charge on any atom is 0.354 e. The fraction of sp³-hybridized carbons (Fsp3) is 0.0769. The minimum absolute atomic E-state index is 0.101. The molecule has 0 saturated carbocycles. The summed E-state index contributed by atoms with van der Waals surface area (Å²) in [5, 5.41) is 14.0. The average Bonchev–Trinajstić information content (AvgIpc) is 2.74. The lowest BCUT2D eigenvalue weighted by atomic mass is 10.3. The van der Waals surface area contributed by atoms with Crippen molar-refractivity contribution in [1.29, 1.82) is 0 Å². The van der Waals surface area contributed by atoms with Crippen molar-refractivity contribution >= 4 is 46.0 Å². The summed E-state index contributed by atoms with van der Waals surface area (Å²) >= 11 is 1.89. The molecule has 21 heavy (non-hydrogen) atoms. The number of benzene rings is 1. The van der Waals surface area contributed by atoms with Crippen molar-refractivity contribution in [2.75, 3.05) is 10.6 Å². The molecule has 0 radical (unpaired) electrons. The van der Waals surface area contributed by atoms with Gasteiger partial charge in [-0.25, -0.2) is 14.0 Å². The van der Waals surface area contributed by atoms with E-state index in [1.807, 2.05) is 22.6 Å². The van der Waals surface area contributed by atoms with Crippen LogP contribution in [0.3, 0.4) is 0 Å². The van der Waals surface area contributed by atoms with E-state index in [-0.39, 0.29) is 11.4 Å². The number of aromatic nitrogens is 1. The molecule has 0 aliphatic carbocycles. The van der Waals surface area contributed by atoms with E-state index in [1.54, 1.807) is 6.92 Å². The number of carbonyl (C=O) groups excluding carboxylic acids is 1. The van der Waals surface area contributed by atoms with Gasteiger partial charge in [-0.05, 0) is 53.8 Å². The third-order valence-electron chi connectivity index (χ3n) is 2.59. The Labute approximate surface area is 132 Å². The second-order valence-corrected chi connectivity index (χ2v) is 5.41. The zero-order chi connectivity index (χ0) is 15.6. The van der Waals surface area contributed by atoms with E-state index >= 15 is 0 Å². The van der Waals surface area contributed by atoms with Gasteiger partial charge in [0.15, 0.2) is 0 Å². The Bertz CT molecular complexity index is 715. The van der Waals surface area contributed by atoms with Crippen molar-refractivity contribution in [1.82, 2.24) is 4.98 Å². The van der Waals surface area contributed by atoms with Gasteiger partial charge >= 0.3 is 12.0 Å². The number of carboxylic acid groups (broad SMARTS) is 1. The van der Waals surface area contributed by atoms with Crippen LogP contribution in [0.5, 0.6) is 0 Å². The van der Waals surface area contributed by atoms with Gasteiger partial charge in [0.05, 0.1) is 11.4 Å². The molecule has 0 aliphatic heterocycles. The molecule has 6 nitrogen and oxygen atoms in total. The summed E-state index contributed by atoms with van der Waals surface area (Å²) in [6, 6.07) is 4.83. The Hall–Kier alpha value is -2.10. The zero-order valence-electron chi connectivity index (χ0n) is 10.8. The minimum Gasteiger partial charge on any atom is -0.477 e. The van der Waals surface area contributed by atoms with E-state index in [0.29, 0.717) is 15.0 Å². The predicted octanol–water partition coefficient (Wildman–Crippen LogP) is 3.41. The lowest BCUT2D eigenvalue weighted by Crippen LogP contribution is -2.21. The van der Waals surface area contributed by atoms with E-state index in [4.69, 9.17) is 5.11 Å². The van der Waals surface area contributed by atoms with Gasteiger partial charge in [-0.1, -0.05) is 0 Å². The molecule has 0 bridgehead atoms. The first kappa shape index (κ1) is 15.3. The molecule has 1 aromatic heterocycles. The number of aryl methyl sites for hydroxylation is 1. The molecular formula is C13H11FIN3O3. The molecule has 0 unspecified atom stereocenters. The van der Waals surface area contributed by atoms with Crippen LogP contribution in [0, 0.1) is 16.3 Å². The van der Waals surface area contributed by atoms with Crippen LogP contribution < -0.4 is 10.6 Å². The summed E-state index contributed by atoms with van der Waals surface area (Å²) in [6.07, 6.45) is 0. The van der Waals surface area contributed by atoms with Crippen molar-refractivity contribution in [2.24, 2.45) is 0 Å². The van der Waals surface area contributed by atoms with Crippen LogP contribution in [0.2, 0.25) is 0 Å². The molecule has 4 N–H and O–H groups in total. The molecule has 0 aliphatic rings. The molecule has 2 amide bonds. The molecule has 2 rings (SSSR count). The first-order chi connectivity index (χ1) is 9.86. The summed E-state index contributed by atoms with van der Waals surface area (Å²) in [7, 11) is 0. The van der Waals surface area contributed by atoms with Crippen LogP contribution in [0.25, 0.3) is 0 Å². The second kappa shape index (κ2) is 6.12. The number of amides is 2. The van der Waals surface area contributed by atoms with E-state index in [0.717, 1.165) is 0 Å². The van der Waals surface area contributed by atoms with Crippen molar-refractivity contribution in [3.63, 3.8) is 0 Å². The second-order valence-electron chi connectivity index (χ2n) is 4.25. The Morgan fingerprint density at radius 2 is 1.90 bits per heavy atom. The van der Waals surface area contributed by atoms with E-state index in [2.05, 4.69) is 15.6 Å². The molecule has 1 aromatic carbocycles. The monoisotopic (exact) mass is 403 g/mol.